The molecule has 2 aliphatic rings. The average Bonchev–Trinajstić information content (AvgIpc) is 2.97. The van der Waals surface area contributed by atoms with Crippen LogP contribution in [0.3, 0.4) is 0 Å². The average molecular weight is 448 g/mol. The van der Waals surface area contributed by atoms with Crippen molar-refractivity contribution >= 4 is 21.9 Å². The molecule has 0 atom stereocenters. The molecule has 166 valence electrons. The van der Waals surface area contributed by atoms with Gasteiger partial charge in [0.15, 0.2) is 15.5 Å². The van der Waals surface area contributed by atoms with E-state index in [1.807, 2.05) is 0 Å². The van der Waals surface area contributed by atoms with Gasteiger partial charge >= 0.3 is 12.1 Å². The molecule has 1 aromatic carbocycles. The molecule has 2 aromatic rings. The molecule has 1 fully saturated rings. The maximum atomic E-state index is 12.8. The highest BCUT2D eigenvalue weighted by Gasteiger charge is 2.41. The molecule has 10 heteroatoms. The summed E-state index contributed by atoms with van der Waals surface area (Å²) in [5, 5.41) is 4.46. The van der Waals surface area contributed by atoms with Crippen molar-refractivity contribution in [1.29, 1.82) is 0 Å². The van der Waals surface area contributed by atoms with Crippen molar-refractivity contribution in [2.45, 2.75) is 50.0 Å². The van der Waals surface area contributed by atoms with Crippen molar-refractivity contribution in [2.24, 2.45) is 0 Å². The standard InChI is InChI=1S/C21H25N3O6S/c1-5-29-19(25)17-15-12-31(27,28)16-9-7-6-8-14(16)18(15)24(22-17)13-10-23(11-13)20(26)30-21(2,3)4/h6-9,13H,5,10-12H2,1-4H3. The summed E-state index contributed by atoms with van der Waals surface area (Å²) in [5.74, 6) is -0.980. The SMILES string of the molecule is CCOC(=O)c1nn(C2CN(C(=O)OC(C)(C)C)C2)c2c1CS(=O)(=O)c1ccccc1-2. The van der Waals surface area contributed by atoms with Crippen LogP contribution >= 0.6 is 0 Å². The fourth-order valence-corrected chi connectivity index (χ4v) is 5.40. The van der Waals surface area contributed by atoms with Gasteiger partial charge in [-0.05, 0) is 33.8 Å². The maximum absolute atomic E-state index is 12.8. The molecule has 31 heavy (non-hydrogen) atoms. The first-order valence-electron chi connectivity index (χ1n) is 10.1. The summed E-state index contributed by atoms with van der Waals surface area (Å²) in [7, 11) is -3.62. The van der Waals surface area contributed by atoms with Crippen molar-refractivity contribution in [2.75, 3.05) is 19.7 Å². The zero-order chi connectivity index (χ0) is 22.6. The Bertz CT molecular complexity index is 1160. The summed E-state index contributed by atoms with van der Waals surface area (Å²) in [6, 6.07) is 6.48. The predicted molar refractivity (Wildman–Crippen MR) is 111 cm³/mol. The molecular weight excluding hydrogens is 422 g/mol. The second kappa shape index (κ2) is 7.37. The molecule has 1 saturated heterocycles. The lowest BCUT2D eigenvalue weighted by Crippen LogP contribution is -2.52. The smallest absolute Gasteiger partial charge is 0.410 e. The number of carbonyl (C=O) groups is 2. The Morgan fingerprint density at radius 1 is 1.19 bits per heavy atom. The van der Waals surface area contributed by atoms with Gasteiger partial charge in [-0.15, -0.1) is 0 Å². The highest BCUT2D eigenvalue weighted by Crippen LogP contribution is 2.41. The molecule has 0 bridgehead atoms. The molecule has 0 N–H and O–H groups in total. The zero-order valence-electron chi connectivity index (χ0n) is 17.9. The van der Waals surface area contributed by atoms with Crippen molar-refractivity contribution < 1.29 is 27.5 Å². The van der Waals surface area contributed by atoms with Crippen molar-refractivity contribution in [1.82, 2.24) is 14.7 Å². The number of benzene rings is 1. The van der Waals surface area contributed by atoms with Crippen molar-refractivity contribution in [3.05, 3.63) is 35.5 Å². The number of likely N-dealkylation sites (tertiary alicyclic amines) is 1. The van der Waals surface area contributed by atoms with E-state index in [1.165, 1.54) is 0 Å². The molecule has 1 amide bonds. The van der Waals surface area contributed by atoms with Gasteiger partial charge in [-0.3, -0.25) is 4.68 Å². The van der Waals surface area contributed by atoms with Crippen LogP contribution in [0.1, 0.15) is 49.8 Å². The van der Waals surface area contributed by atoms with Gasteiger partial charge < -0.3 is 14.4 Å². The minimum Gasteiger partial charge on any atom is -0.461 e. The Labute approximate surface area is 180 Å². The number of hydrogen-bond acceptors (Lipinski definition) is 7. The van der Waals surface area contributed by atoms with E-state index in [0.29, 0.717) is 29.9 Å². The molecule has 0 saturated carbocycles. The maximum Gasteiger partial charge on any atom is 0.410 e. The van der Waals surface area contributed by atoms with E-state index in [2.05, 4.69) is 5.10 Å². The van der Waals surface area contributed by atoms with Gasteiger partial charge in [-0.1, -0.05) is 18.2 Å². The van der Waals surface area contributed by atoms with Crippen LogP contribution in [0, 0.1) is 0 Å². The normalized spacial score (nSPS) is 17.4. The van der Waals surface area contributed by atoms with Crippen LogP contribution < -0.4 is 0 Å². The highest BCUT2D eigenvalue weighted by atomic mass is 32.2. The number of ether oxygens (including phenoxy) is 2. The second-order valence-electron chi connectivity index (χ2n) is 8.64. The fraction of sp³-hybridized carbons (Fsp3) is 0.476. The Hall–Kier alpha value is -2.88. The van der Waals surface area contributed by atoms with Crippen LogP contribution in [0.2, 0.25) is 0 Å². The van der Waals surface area contributed by atoms with Gasteiger partial charge in [0.25, 0.3) is 0 Å². The summed E-state index contributed by atoms with van der Waals surface area (Å²) in [4.78, 5) is 26.6. The molecule has 0 spiro atoms. The van der Waals surface area contributed by atoms with E-state index < -0.39 is 27.5 Å². The Balaban J connectivity index is 1.73. The van der Waals surface area contributed by atoms with Crippen LogP contribution in [0.15, 0.2) is 29.2 Å². The lowest BCUT2D eigenvalue weighted by atomic mass is 10.0. The number of aromatic nitrogens is 2. The van der Waals surface area contributed by atoms with Crippen molar-refractivity contribution in [3.8, 4) is 11.3 Å². The number of sulfone groups is 1. The van der Waals surface area contributed by atoms with Gasteiger partial charge in [-0.2, -0.15) is 5.10 Å². The predicted octanol–water partition coefficient (Wildman–Crippen LogP) is 2.81. The van der Waals surface area contributed by atoms with Gasteiger partial charge in [0.2, 0.25) is 0 Å². The summed E-state index contributed by atoms with van der Waals surface area (Å²) < 4.78 is 37.9. The van der Waals surface area contributed by atoms with E-state index in [1.54, 1.807) is 61.5 Å². The van der Waals surface area contributed by atoms with Crippen LogP contribution in [0.25, 0.3) is 11.3 Å². The zero-order valence-corrected chi connectivity index (χ0v) is 18.7. The Kier molecular flexibility index (Phi) is 5.07. The van der Waals surface area contributed by atoms with E-state index in [4.69, 9.17) is 9.47 Å². The number of carbonyl (C=O) groups excluding carboxylic acids is 2. The van der Waals surface area contributed by atoms with Crippen molar-refractivity contribution in [3.63, 3.8) is 0 Å². The van der Waals surface area contributed by atoms with E-state index in [9.17, 15) is 18.0 Å². The lowest BCUT2D eigenvalue weighted by molar-refractivity contribution is -0.000360. The first-order chi connectivity index (χ1) is 14.5. The second-order valence-corrected chi connectivity index (χ2v) is 10.6. The molecule has 4 rings (SSSR count). The van der Waals surface area contributed by atoms with Crippen LogP contribution in [0.4, 0.5) is 4.79 Å². The lowest BCUT2D eigenvalue weighted by Gasteiger charge is -2.40. The molecule has 0 radical (unpaired) electrons. The molecule has 3 heterocycles. The summed E-state index contributed by atoms with van der Waals surface area (Å²) in [5.41, 5.74) is 0.834. The number of fused-ring (bicyclic) bond motifs is 3. The summed E-state index contributed by atoms with van der Waals surface area (Å²) in [6.07, 6.45) is -0.418. The largest absolute Gasteiger partial charge is 0.461 e. The van der Waals surface area contributed by atoms with E-state index in [0.717, 1.165) is 0 Å². The van der Waals surface area contributed by atoms with E-state index >= 15 is 0 Å². The Morgan fingerprint density at radius 2 is 1.87 bits per heavy atom. The Morgan fingerprint density at radius 3 is 2.52 bits per heavy atom. The molecule has 0 aliphatic carbocycles. The van der Waals surface area contributed by atoms with Gasteiger partial charge in [-0.25, -0.2) is 18.0 Å². The molecular formula is C21H25N3O6S. The quantitative estimate of drug-likeness (QED) is 0.666. The summed E-state index contributed by atoms with van der Waals surface area (Å²) in [6.45, 7) is 7.93. The van der Waals surface area contributed by atoms with Gasteiger partial charge in [0.1, 0.15) is 5.60 Å². The highest BCUT2D eigenvalue weighted by molar-refractivity contribution is 7.90. The third-order valence-corrected chi connectivity index (χ3v) is 6.84. The first-order valence-corrected chi connectivity index (χ1v) is 11.8. The monoisotopic (exact) mass is 447 g/mol. The fourth-order valence-electron chi connectivity index (χ4n) is 3.81. The third kappa shape index (κ3) is 3.80. The van der Waals surface area contributed by atoms with Gasteiger partial charge in [0, 0.05) is 24.2 Å². The number of esters is 1. The molecule has 9 nitrogen and oxygen atoms in total. The first kappa shape index (κ1) is 21.4. The van der Waals surface area contributed by atoms with Crippen LogP contribution in [0.5, 0.6) is 0 Å². The topological polar surface area (TPSA) is 108 Å². The molecule has 1 aromatic heterocycles. The van der Waals surface area contributed by atoms with E-state index in [-0.39, 0.29) is 29.0 Å². The number of rotatable bonds is 3. The summed E-state index contributed by atoms with van der Waals surface area (Å²) >= 11 is 0. The minimum absolute atomic E-state index is 0.00523. The minimum atomic E-state index is -3.62. The van der Waals surface area contributed by atoms with Crippen LogP contribution in [-0.4, -0.2) is 60.5 Å². The number of hydrogen-bond donors (Lipinski definition) is 0. The number of nitrogens with zero attached hydrogens (tertiary/aromatic N) is 3. The number of amides is 1. The third-order valence-electron chi connectivity index (χ3n) is 5.15. The molecule has 0 unspecified atom stereocenters. The molecule has 2 aliphatic heterocycles. The van der Waals surface area contributed by atoms with Crippen LogP contribution in [-0.2, 0) is 25.1 Å². The van der Waals surface area contributed by atoms with Gasteiger partial charge in [0.05, 0.1) is 29.0 Å².